The van der Waals surface area contributed by atoms with Crippen molar-refractivity contribution in [3.05, 3.63) is 29.3 Å². The Labute approximate surface area is 93.8 Å². The van der Waals surface area contributed by atoms with Crippen molar-refractivity contribution in [2.75, 3.05) is 6.26 Å². The molecular weight excluding hydrogens is 206 g/mol. The molecule has 2 rings (SSSR count). The highest BCUT2D eigenvalue weighted by Gasteiger charge is 2.44. The molecule has 1 aromatic rings. The Hall–Kier alpha value is -1.05. The van der Waals surface area contributed by atoms with E-state index in [1.54, 1.807) is 17.8 Å². The molecule has 1 aromatic carbocycles. The van der Waals surface area contributed by atoms with Crippen LogP contribution < -0.4 is 0 Å². The van der Waals surface area contributed by atoms with Crippen molar-refractivity contribution in [1.29, 1.82) is 0 Å². The number of rotatable bonds is 3. The van der Waals surface area contributed by atoms with Crippen molar-refractivity contribution < 1.29 is 4.79 Å². The summed E-state index contributed by atoms with van der Waals surface area (Å²) in [5.41, 5.74) is 2.19. The fourth-order valence-corrected chi connectivity index (χ4v) is 2.42. The first kappa shape index (κ1) is 10.5. The maximum Gasteiger partial charge on any atom is 0.235 e. The monoisotopic (exact) mass is 219 g/mol. The minimum absolute atomic E-state index is 0.236. The Balaban J connectivity index is 2.41. The maximum absolute atomic E-state index is 10.4. The molecule has 0 amide bonds. The lowest BCUT2D eigenvalue weighted by atomic mass is 10.0. The topological polar surface area (TPSA) is 29.4 Å². The van der Waals surface area contributed by atoms with E-state index in [4.69, 9.17) is 0 Å². The molecule has 0 N–H and O–H groups in total. The van der Waals surface area contributed by atoms with Gasteiger partial charge in [0.25, 0.3) is 0 Å². The number of thioether (sulfide) groups is 1. The van der Waals surface area contributed by atoms with Crippen molar-refractivity contribution in [3.63, 3.8) is 0 Å². The predicted molar refractivity (Wildman–Crippen MR) is 62.0 cm³/mol. The highest BCUT2D eigenvalue weighted by Crippen LogP contribution is 2.49. The van der Waals surface area contributed by atoms with E-state index in [1.807, 2.05) is 0 Å². The normalized spacial score (nSPS) is 16.9. The van der Waals surface area contributed by atoms with Gasteiger partial charge in [-0.15, -0.1) is 11.8 Å². The molecule has 3 heteroatoms. The SMILES string of the molecule is CSc1cc(C2(N=C=O)CC2)ccc1C. The van der Waals surface area contributed by atoms with E-state index in [2.05, 4.69) is 36.4 Å². The van der Waals surface area contributed by atoms with Crippen LogP contribution in [0.5, 0.6) is 0 Å². The summed E-state index contributed by atoms with van der Waals surface area (Å²) in [6.45, 7) is 2.10. The zero-order chi connectivity index (χ0) is 10.9. The summed E-state index contributed by atoms with van der Waals surface area (Å²) < 4.78 is 0. The van der Waals surface area contributed by atoms with Gasteiger partial charge in [0.1, 0.15) is 0 Å². The summed E-state index contributed by atoms with van der Waals surface area (Å²) in [5.74, 6) is 0. The average molecular weight is 219 g/mol. The molecule has 1 saturated carbocycles. The van der Waals surface area contributed by atoms with Crippen molar-refractivity contribution in [2.24, 2.45) is 4.99 Å². The van der Waals surface area contributed by atoms with Crippen molar-refractivity contribution in [2.45, 2.75) is 30.2 Å². The van der Waals surface area contributed by atoms with Crippen molar-refractivity contribution in [3.8, 4) is 0 Å². The third kappa shape index (κ3) is 1.85. The molecule has 2 nitrogen and oxygen atoms in total. The number of nitrogens with zero attached hydrogens (tertiary/aromatic N) is 1. The number of aliphatic imine (C=N–C) groups is 1. The van der Waals surface area contributed by atoms with E-state index < -0.39 is 0 Å². The van der Waals surface area contributed by atoms with Gasteiger partial charge in [-0.3, -0.25) is 0 Å². The number of hydrogen-bond donors (Lipinski definition) is 0. The molecule has 0 bridgehead atoms. The van der Waals surface area contributed by atoms with Gasteiger partial charge in [0, 0.05) is 4.90 Å². The quantitative estimate of drug-likeness (QED) is 0.444. The molecule has 78 valence electrons. The van der Waals surface area contributed by atoms with Gasteiger partial charge in [-0.25, -0.2) is 4.79 Å². The summed E-state index contributed by atoms with van der Waals surface area (Å²) in [4.78, 5) is 15.6. The summed E-state index contributed by atoms with van der Waals surface area (Å²) in [6, 6.07) is 6.32. The molecule has 0 aromatic heterocycles. The van der Waals surface area contributed by atoms with Crippen LogP contribution in [0.1, 0.15) is 24.0 Å². The Bertz CT molecular complexity index is 431. The van der Waals surface area contributed by atoms with Crippen LogP contribution in [0.2, 0.25) is 0 Å². The van der Waals surface area contributed by atoms with Gasteiger partial charge in [0.15, 0.2) is 0 Å². The molecular formula is C12H13NOS. The second-order valence-electron chi connectivity index (χ2n) is 3.92. The minimum Gasteiger partial charge on any atom is -0.211 e. The van der Waals surface area contributed by atoms with Gasteiger partial charge in [-0.05, 0) is 43.2 Å². The molecule has 0 heterocycles. The third-order valence-electron chi connectivity index (χ3n) is 2.93. The summed E-state index contributed by atoms with van der Waals surface area (Å²) >= 11 is 1.73. The second kappa shape index (κ2) is 3.84. The molecule has 0 saturated heterocycles. The van der Waals surface area contributed by atoms with Crippen LogP contribution in [0.25, 0.3) is 0 Å². The van der Waals surface area contributed by atoms with E-state index in [-0.39, 0.29) is 5.54 Å². The lowest BCUT2D eigenvalue weighted by molar-refractivity contribution is 0.556. The maximum atomic E-state index is 10.4. The molecule has 0 radical (unpaired) electrons. The highest BCUT2D eigenvalue weighted by molar-refractivity contribution is 7.98. The van der Waals surface area contributed by atoms with E-state index in [1.165, 1.54) is 10.5 Å². The first-order valence-electron chi connectivity index (χ1n) is 4.96. The molecule has 0 aliphatic heterocycles. The van der Waals surface area contributed by atoms with Crippen LogP contribution in [-0.4, -0.2) is 12.3 Å². The lowest BCUT2D eigenvalue weighted by Gasteiger charge is -2.11. The van der Waals surface area contributed by atoms with E-state index in [9.17, 15) is 4.79 Å². The third-order valence-corrected chi connectivity index (χ3v) is 3.81. The van der Waals surface area contributed by atoms with Gasteiger partial charge in [0.2, 0.25) is 6.08 Å². The van der Waals surface area contributed by atoms with E-state index in [0.29, 0.717) is 0 Å². The Morgan fingerprint density at radius 3 is 2.73 bits per heavy atom. The number of aryl methyl sites for hydroxylation is 1. The molecule has 0 unspecified atom stereocenters. The second-order valence-corrected chi connectivity index (χ2v) is 4.77. The van der Waals surface area contributed by atoms with Crippen molar-refractivity contribution in [1.82, 2.24) is 0 Å². The number of hydrogen-bond acceptors (Lipinski definition) is 3. The van der Waals surface area contributed by atoms with Gasteiger partial charge >= 0.3 is 0 Å². The van der Waals surface area contributed by atoms with Crippen LogP contribution >= 0.6 is 11.8 Å². The highest BCUT2D eigenvalue weighted by atomic mass is 32.2. The smallest absolute Gasteiger partial charge is 0.211 e. The van der Waals surface area contributed by atoms with Gasteiger partial charge in [-0.1, -0.05) is 12.1 Å². The van der Waals surface area contributed by atoms with Gasteiger partial charge in [0.05, 0.1) is 5.54 Å². The number of carbonyl (C=O) groups excluding carboxylic acids is 1. The van der Waals surface area contributed by atoms with Crippen LogP contribution in [0.15, 0.2) is 28.1 Å². The van der Waals surface area contributed by atoms with Crippen molar-refractivity contribution >= 4 is 17.8 Å². The molecule has 1 fully saturated rings. The molecule has 1 aliphatic rings. The van der Waals surface area contributed by atoms with E-state index in [0.717, 1.165) is 18.4 Å². The molecule has 0 spiro atoms. The van der Waals surface area contributed by atoms with Crippen LogP contribution in [0, 0.1) is 6.92 Å². The first-order valence-corrected chi connectivity index (χ1v) is 6.18. The molecule has 1 aliphatic carbocycles. The summed E-state index contributed by atoms with van der Waals surface area (Å²) in [5, 5.41) is 0. The standard InChI is InChI=1S/C12H13NOS/c1-9-3-4-10(7-11(9)15-2)12(5-6-12)13-8-14/h3-4,7H,5-6H2,1-2H3. The average Bonchev–Trinajstić information content (AvgIpc) is 3.00. The predicted octanol–water partition coefficient (Wildman–Crippen LogP) is 3.04. The Morgan fingerprint density at radius 2 is 2.20 bits per heavy atom. The first-order chi connectivity index (χ1) is 7.22. The largest absolute Gasteiger partial charge is 0.235 e. The number of isocyanates is 1. The number of benzene rings is 1. The Morgan fingerprint density at radius 1 is 1.47 bits per heavy atom. The summed E-state index contributed by atoms with van der Waals surface area (Å²) in [7, 11) is 0. The molecule has 15 heavy (non-hydrogen) atoms. The van der Waals surface area contributed by atoms with Gasteiger partial charge in [-0.2, -0.15) is 4.99 Å². The fourth-order valence-electron chi connectivity index (χ4n) is 1.78. The van der Waals surface area contributed by atoms with E-state index >= 15 is 0 Å². The minimum atomic E-state index is -0.236. The van der Waals surface area contributed by atoms with Crippen LogP contribution in [-0.2, 0) is 10.3 Å². The molecule has 0 atom stereocenters. The van der Waals surface area contributed by atoms with Crippen LogP contribution in [0.4, 0.5) is 0 Å². The Kier molecular flexibility index (Phi) is 2.68. The van der Waals surface area contributed by atoms with Gasteiger partial charge < -0.3 is 0 Å². The zero-order valence-electron chi connectivity index (χ0n) is 8.91. The van der Waals surface area contributed by atoms with Crippen LogP contribution in [0.3, 0.4) is 0 Å². The zero-order valence-corrected chi connectivity index (χ0v) is 9.73. The lowest BCUT2D eigenvalue weighted by Crippen LogP contribution is -2.02. The fraction of sp³-hybridized carbons (Fsp3) is 0.417. The summed E-state index contributed by atoms with van der Waals surface area (Å²) in [6.07, 6.45) is 5.70.